The van der Waals surface area contributed by atoms with Crippen molar-refractivity contribution in [3.05, 3.63) is 57.8 Å². The van der Waals surface area contributed by atoms with Crippen molar-refractivity contribution in [2.24, 2.45) is 0 Å². The Morgan fingerprint density at radius 3 is 2.56 bits per heavy atom. The summed E-state index contributed by atoms with van der Waals surface area (Å²) < 4.78 is 5.07. The van der Waals surface area contributed by atoms with Crippen molar-refractivity contribution >= 4 is 29.0 Å². The Balaban J connectivity index is 2.40. The molecule has 1 aromatic carbocycles. The van der Waals surface area contributed by atoms with Crippen molar-refractivity contribution in [1.29, 1.82) is 0 Å². The minimum Gasteiger partial charge on any atom is -0.495 e. The summed E-state index contributed by atoms with van der Waals surface area (Å²) in [5.74, 6) is 0.303. The van der Waals surface area contributed by atoms with E-state index in [4.69, 9.17) is 27.9 Å². The third kappa shape index (κ3) is 2.63. The second-order valence-electron chi connectivity index (χ2n) is 3.55. The van der Waals surface area contributed by atoms with Gasteiger partial charge in [-0.2, -0.15) is 0 Å². The van der Waals surface area contributed by atoms with E-state index in [0.29, 0.717) is 21.9 Å². The molecule has 0 saturated heterocycles. The highest BCUT2D eigenvalue weighted by Gasteiger charge is 2.12. The lowest BCUT2D eigenvalue weighted by molar-refractivity contribution is 0.103. The molecule has 0 aliphatic heterocycles. The number of rotatable bonds is 3. The first-order valence-corrected chi connectivity index (χ1v) is 5.87. The number of benzene rings is 1. The van der Waals surface area contributed by atoms with Crippen LogP contribution in [-0.4, -0.2) is 17.9 Å². The van der Waals surface area contributed by atoms with Gasteiger partial charge in [-0.05, 0) is 30.3 Å². The Morgan fingerprint density at radius 1 is 1.17 bits per heavy atom. The molecule has 0 aliphatic rings. The van der Waals surface area contributed by atoms with Gasteiger partial charge in [0.05, 0.1) is 12.1 Å². The molecule has 5 heteroatoms. The van der Waals surface area contributed by atoms with E-state index in [1.165, 1.54) is 19.4 Å². The topological polar surface area (TPSA) is 39.2 Å². The zero-order valence-electron chi connectivity index (χ0n) is 9.48. The van der Waals surface area contributed by atoms with Crippen LogP contribution in [0.5, 0.6) is 5.75 Å². The van der Waals surface area contributed by atoms with Crippen molar-refractivity contribution in [1.82, 2.24) is 4.98 Å². The summed E-state index contributed by atoms with van der Waals surface area (Å²) in [7, 11) is 1.50. The maximum absolute atomic E-state index is 12.2. The van der Waals surface area contributed by atoms with Crippen LogP contribution in [0.15, 0.2) is 36.5 Å². The molecule has 1 heterocycles. The highest BCUT2D eigenvalue weighted by Crippen LogP contribution is 2.26. The first kappa shape index (κ1) is 12.9. The molecule has 0 unspecified atom stereocenters. The van der Waals surface area contributed by atoms with Gasteiger partial charge in [0, 0.05) is 17.3 Å². The molecule has 0 saturated carbocycles. The number of ether oxygens (including phenoxy) is 1. The van der Waals surface area contributed by atoms with Crippen LogP contribution in [-0.2, 0) is 0 Å². The molecule has 0 fully saturated rings. The third-order valence-corrected chi connectivity index (χ3v) is 2.92. The molecule has 0 N–H and O–H groups in total. The molecule has 18 heavy (non-hydrogen) atoms. The van der Waals surface area contributed by atoms with Gasteiger partial charge in [0.2, 0.25) is 0 Å². The molecule has 0 amide bonds. The molecule has 0 atom stereocenters. The van der Waals surface area contributed by atoms with Crippen LogP contribution in [0, 0.1) is 0 Å². The number of halogens is 2. The van der Waals surface area contributed by atoms with E-state index < -0.39 is 0 Å². The average molecular weight is 282 g/mol. The summed E-state index contributed by atoms with van der Waals surface area (Å²) in [5.41, 5.74) is 0.956. The first-order valence-electron chi connectivity index (χ1n) is 5.11. The average Bonchev–Trinajstić information content (AvgIpc) is 2.38. The fourth-order valence-corrected chi connectivity index (χ4v) is 1.88. The minimum atomic E-state index is -0.158. The molecule has 0 radical (unpaired) electrons. The van der Waals surface area contributed by atoms with E-state index in [9.17, 15) is 4.79 Å². The summed E-state index contributed by atoms with van der Waals surface area (Å²) in [6, 6.07) is 7.98. The Bertz CT molecular complexity index is 599. The van der Waals surface area contributed by atoms with Crippen molar-refractivity contribution in [3.8, 4) is 5.75 Å². The molecular weight excluding hydrogens is 273 g/mol. The molecule has 0 spiro atoms. The zero-order chi connectivity index (χ0) is 13.1. The van der Waals surface area contributed by atoms with Gasteiger partial charge in [0.1, 0.15) is 10.9 Å². The van der Waals surface area contributed by atoms with Crippen LogP contribution >= 0.6 is 23.2 Å². The lowest BCUT2D eigenvalue weighted by Gasteiger charge is -2.06. The van der Waals surface area contributed by atoms with Gasteiger partial charge < -0.3 is 4.74 Å². The number of ketones is 1. The van der Waals surface area contributed by atoms with Gasteiger partial charge in [0.15, 0.2) is 5.78 Å². The maximum atomic E-state index is 12.2. The number of carbonyl (C=O) groups excluding carboxylic acids is 1. The largest absolute Gasteiger partial charge is 0.495 e. The number of hydrogen-bond donors (Lipinski definition) is 0. The predicted octanol–water partition coefficient (Wildman–Crippen LogP) is 3.63. The van der Waals surface area contributed by atoms with Crippen LogP contribution < -0.4 is 4.74 Å². The third-order valence-electron chi connectivity index (χ3n) is 2.40. The lowest BCUT2D eigenvalue weighted by Crippen LogP contribution is -2.02. The fraction of sp³-hybridized carbons (Fsp3) is 0.0769. The molecule has 92 valence electrons. The minimum absolute atomic E-state index is 0.158. The van der Waals surface area contributed by atoms with Crippen LogP contribution in [0.2, 0.25) is 10.2 Å². The normalized spacial score (nSPS) is 10.2. The molecular formula is C13H9Cl2NO2. The highest BCUT2D eigenvalue weighted by atomic mass is 35.5. The molecule has 2 aromatic rings. The number of carbonyl (C=O) groups is 1. The second kappa shape index (κ2) is 5.38. The van der Waals surface area contributed by atoms with Gasteiger partial charge in [-0.25, -0.2) is 4.98 Å². The summed E-state index contributed by atoms with van der Waals surface area (Å²) in [4.78, 5) is 16.0. The van der Waals surface area contributed by atoms with Gasteiger partial charge in [-0.15, -0.1) is 0 Å². The Hall–Kier alpha value is -1.58. The van der Waals surface area contributed by atoms with Crippen LogP contribution in [0.1, 0.15) is 15.9 Å². The van der Waals surface area contributed by atoms with E-state index in [2.05, 4.69) is 4.98 Å². The molecule has 2 rings (SSSR count). The summed E-state index contributed by atoms with van der Waals surface area (Å²) in [6.45, 7) is 0. The first-order chi connectivity index (χ1) is 8.61. The SMILES string of the molecule is COc1cc(C(=O)c2ccnc(Cl)c2)ccc1Cl. The second-order valence-corrected chi connectivity index (χ2v) is 4.34. The Labute approximate surface area is 114 Å². The van der Waals surface area contributed by atoms with E-state index in [1.54, 1.807) is 24.3 Å². The molecule has 3 nitrogen and oxygen atoms in total. The smallest absolute Gasteiger partial charge is 0.193 e. The quantitative estimate of drug-likeness (QED) is 0.637. The number of hydrogen-bond acceptors (Lipinski definition) is 3. The number of pyridine rings is 1. The van der Waals surface area contributed by atoms with E-state index in [0.717, 1.165) is 0 Å². The van der Waals surface area contributed by atoms with Gasteiger partial charge in [-0.3, -0.25) is 4.79 Å². The fourth-order valence-electron chi connectivity index (χ4n) is 1.51. The van der Waals surface area contributed by atoms with Crippen molar-refractivity contribution in [2.45, 2.75) is 0 Å². The molecule has 0 aliphatic carbocycles. The number of aromatic nitrogens is 1. The van der Waals surface area contributed by atoms with Gasteiger partial charge in [0.25, 0.3) is 0 Å². The Morgan fingerprint density at radius 2 is 1.89 bits per heavy atom. The summed E-state index contributed by atoms with van der Waals surface area (Å²) in [6.07, 6.45) is 1.49. The van der Waals surface area contributed by atoms with Gasteiger partial charge >= 0.3 is 0 Å². The van der Waals surface area contributed by atoms with Crippen molar-refractivity contribution < 1.29 is 9.53 Å². The zero-order valence-corrected chi connectivity index (χ0v) is 11.0. The molecule has 0 bridgehead atoms. The van der Waals surface area contributed by atoms with E-state index in [-0.39, 0.29) is 10.9 Å². The van der Waals surface area contributed by atoms with Crippen LogP contribution in [0.4, 0.5) is 0 Å². The number of methoxy groups -OCH3 is 1. The van der Waals surface area contributed by atoms with E-state index >= 15 is 0 Å². The van der Waals surface area contributed by atoms with Crippen LogP contribution in [0.25, 0.3) is 0 Å². The lowest BCUT2D eigenvalue weighted by atomic mass is 10.0. The number of nitrogens with zero attached hydrogens (tertiary/aromatic N) is 1. The monoisotopic (exact) mass is 281 g/mol. The highest BCUT2D eigenvalue weighted by molar-refractivity contribution is 6.32. The van der Waals surface area contributed by atoms with E-state index in [1.807, 2.05) is 0 Å². The van der Waals surface area contributed by atoms with Crippen LogP contribution in [0.3, 0.4) is 0 Å². The Kier molecular flexibility index (Phi) is 3.84. The maximum Gasteiger partial charge on any atom is 0.193 e. The molecule has 1 aromatic heterocycles. The summed E-state index contributed by atoms with van der Waals surface area (Å²) >= 11 is 11.7. The predicted molar refractivity (Wildman–Crippen MR) is 70.7 cm³/mol. The van der Waals surface area contributed by atoms with Crippen molar-refractivity contribution in [3.63, 3.8) is 0 Å². The van der Waals surface area contributed by atoms with Crippen molar-refractivity contribution in [2.75, 3.05) is 7.11 Å². The van der Waals surface area contributed by atoms with Gasteiger partial charge in [-0.1, -0.05) is 23.2 Å². The summed E-state index contributed by atoms with van der Waals surface area (Å²) in [5, 5.41) is 0.739. The standard InChI is InChI=1S/C13H9Cl2NO2/c1-18-11-6-8(2-3-10(11)14)13(17)9-4-5-16-12(15)7-9/h2-7H,1H3.